The van der Waals surface area contributed by atoms with E-state index in [-0.39, 0.29) is 0 Å². The quantitative estimate of drug-likeness (QED) is 0.699. The molecule has 1 aliphatic rings. The predicted octanol–water partition coefficient (Wildman–Crippen LogP) is 4.38. The summed E-state index contributed by atoms with van der Waals surface area (Å²) in [4.78, 5) is 0.356. The molecule has 1 aliphatic carbocycles. The Morgan fingerprint density at radius 1 is 1.05 bits per heavy atom. The molecular formula is C16H18INO2S. The average molecular weight is 415 g/mol. The zero-order valence-corrected chi connectivity index (χ0v) is 14.7. The predicted molar refractivity (Wildman–Crippen MR) is 92.0 cm³/mol. The molecule has 1 fully saturated rings. The summed E-state index contributed by atoms with van der Waals surface area (Å²) < 4.78 is 28.2. The number of halogens is 1. The smallest absolute Gasteiger partial charge is 0.245 e. The van der Waals surface area contributed by atoms with Crippen molar-refractivity contribution in [3.8, 4) is 0 Å². The topological polar surface area (TPSA) is 39.1 Å². The molecule has 2 aromatic rings. The van der Waals surface area contributed by atoms with Gasteiger partial charge in [0.2, 0.25) is 0 Å². The van der Waals surface area contributed by atoms with E-state index in [2.05, 4.69) is 22.6 Å². The molecule has 3 rings (SSSR count). The van der Waals surface area contributed by atoms with E-state index in [1.54, 1.807) is 30.5 Å². The number of hydrogen-bond donors (Lipinski definition) is 0. The minimum absolute atomic E-state index is 0.356. The number of aromatic nitrogens is 1. The van der Waals surface area contributed by atoms with Crippen molar-refractivity contribution in [1.82, 2.24) is 3.97 Å². The highest BCUT2D eigenvalue weighted by Gasteiger charge is 2.26. The van der Waals surface area contributed by atoms with Crippen LogP contribution in [0.5, 0.6) is 0 Å². The lowest BCUT2D eigenvalue weighted by Crippen LogP contribution is -2.18. The van der Waals surface area contributed by atoms with Crippen molar-refractivity contribution in [3.05, 3.63) is 51.9 Å². The van der Waals surface area contributed by atoms with Crippen molar-refractivity contribution >= 4 is 32.6 Å². The van der Waals surface area contributed by atoms with Gasteiger partial charge in [0.25, 0.3) is 10.0 Å². The van der Waals surface area contributed by atoms with Gasteiger partial charge in [0.15, 0.2) is 0 Å². The van der Waals surface area contributed by atoms with Gasteiger partial charge in [-0.25, -0.2) is 12.4 Å². The SMILES string of the molecule is O=S(=O)(c1ccccc1)n1cc(I)cc1C1CCCCC1. The van der Waals surface area contributed by atoms with Crippen LogP contribution >= 0.6 is 22.6 Å². The van der Waals surface area contributed by atoms with Crippen LogP contribution in [0.4, 0.5) is 0 Å². The van der Waals surface area contributed by atoms with E-state index in [9.17, 15) is 8.42 Å². The van der Waals surface area contributed by atoms with Crippen LogP contribution in [0.15, 0.2) is 47.5 Å². The lowest BCUT2D eigenvalue weighted by molar-refractivity contribution is 0.434. The molecule has 0 unspecified atom stereocenters. The minimum Gasteiger partial charge on any atom is -0.245 e. The summed E-state index contributed by atoms with van der Waals surface area (Å²) in [6.45, 7) is 0. The highest BCUT2D eigenvalue weighted by atomic mass is 127. The molecular weight excluding hydrogens is 397 g/mol. The van der Waals surface area contributed by atoms with Crippen molar-refractivity contribution in [1.29, 1.82) is 0 Å². The van der Waals surface area contributed by atoms with Crippen molar-refractivity contribution in [2.75, 3.05) is 0 Å². The normalized spacial score (nSPS) is 17.0. The zero-order chi connectivity index (χ0) is 14.9. The van der Waals surface area contributed by atoms with Crippen LogP contribution in [-0.2, 0) is 10.0 Å². The van der Waals surface area contributed by atoms with E-state index in [1.807, 2.05) is 12.1 Å². The first-order chi connectivity index (χ1) is 10.1. The molecule has 0 radical (unpaired) electrons. The van der Waals surface area contributed by atoms with Gasteiger partial charge < -0.3 is 0 Å². The van der Waals surface area contributed by atoms with Gasteiger partial charge in [-0.05, 0) is 53.6 Å². The van der Waals surface area contributed by atoms with E-state index < -0.39 is 10.0 Å². The summed E-state index contributed by atoms with van der Waals surface area (Å²) in [5.41, 5.74) is 0.947. The molecule has 21 heavy (non-hydrogen) atoms. The number of nitrogens with zero attached hydrogens (tertiary/aromatic N) is 1. The van der Waals surface area contributed by atoms with E-state index in [1.165, 1.54) is 23.2 Å². The number of benzene rings is 1. The van der Waals surface area contributed by atoms with Crippen LogP contribution < -0.4 is 0 Å². The van der Waals surface area contributed by atoms with E-state index in [4.69, 9.17) is 0 Å². The third-order valence-corrected chi connectivity index (χ3v) is 6.40. The highest BCUT2D eigenvalue weighted by molar-refractivity contribution is 14.1. The summed E-state index contributed by atoms with van der Waals surface area (Å²) in [5.74, 6) is 0.362. The fourth-order valence-corrected chi connectivity index (χ4v) is 5.29. The zero-order valence-electron chi connectivity index (χ0n) is 11.7. The fourth-order valence-electron chi connectivity index (χ4n) is 3.04. The van der Waals surface area contributed by atoms with Crippen LogP contribution in [-0.4, -0.2) is 12.4 Å². The maximum Gasteiger partial charge on any atom is 0.267 e. The molecule has 1 aromatic carbocycles. The molecule has 5 heteroatoms. The maximum absolute atomic E-state index is 12.9. The minimum atomic E-state index is -3.49. The van der Waals surface area contributed by atoms with Crippen molar-refractivity contribution < 1.29 is 8.42 Å². The standard InChI is InChI=1S/C16H18INO2S/c17-14-11-16(13-7-3-1-4-8-13)18(12-14)21(19,20)15-9-5-2-6-10-15/h2,5-6,9-13H,1,3-4,7-8H2. The van der Waals surface area contributed by atoms with Crippen LogP contribution in [0, 0.1) is 3.57 Å². The summed E-state index contributed by atoms with van der Waals surface area (Å²) >= 11 is 2.20. The monoisotopic (exact) mass is 415 g/mol. The van der Waals surface area contributed by atoms with Crippen LogP contribution in [0.1, 0.15) is 43.7 Å². The lowest BCUT2D eigenvalue weighted by atomic mass is 9.87. The van der Waals surface area contributed by atoms with Gasteiger partial charge in [-0.15, -0.1) is 0 Å². The molecule has 1 heterocycles. The van der Waals surface area contributed by atoms with E-state index in [0.717, 1.165) is 22.1 Å². The molecule has 0 saturated heterocycles. The molecule has 1 aromatic heterocycles. The Morgan fingerprint density at radius 3 is 2.38 bits per heavy atom. The Bertz CT molecular complexity index is 716. The van der Waals surface area contributed by atoms with Gasteiger partial charge in [0.1, 0.15) is 0 Å². The first-order valence-corrected chi connectivity index (χ1v) is 9.79. The molecule has 3 nitrogen and oxygen atoms in total. The Hall–Kier alpha value is -0.820. The molecule has 0 bridgehead atoms. The van der Waals surface area contributed by atoms with Gasteiger partial charge >= 0.3 is 0 Å². The van der Waals surface area contributed by atoms with Gasteiger partial charge in [-0.2, -0.15) is 0 Å². The van der Waals surface area contributed by atoms with Crippen LogP contribution in [0.25, 0.3) is 0 Å². The van der Waals surface area contributed by atoms with Gasteiger partial charge in [0, 0.05) is 21.4 Å². The third kappa shape index (κ3) is 3.04. The second-order valence-electron chi connectivity index (χ2n) is 5.53. The van der Waals surface area contributed by atoms with E-state index in [0.29, 0.717) is 10.8 Å². The summed E-state index contributed by atoms with van der Waals surface area (Å²) in [7, 11) is -3.49. The third-order valence-electron chi connectivity index (χ3n) is 4.10. The van der Waals surface area contributed by atoms with Crippen molar-refractivity contribution in [3.63, 3.8) is 0 Å². The molecule has 0 N–H and O–H groups in total. The first kappa shape index (κ1) is 15.1. The molecule has 1 saturated carbocycles. The van der Waals surface area contributed by atoms with Crippen molar-refractivity contribution in [2.45, 2.75) is 42.9 Å². The maximum atomic E-state index is 12.9. The average Bonchev–Trinajstić information content (AvgIpc) is 2.92. The van der Waals surface area contributed by atoms with Crippen LogP contribution in [0.2, 0.25) is 0 Å². The van der Waals surface area contributed by atoms with Gasteiger partial charge in [-0.3, -0.25) is 0 Å². The Kier molecular flexibility index (Phi) is 4.40. The Labute approximate surface area is 139 Å². The Balaban J connectivity index is 2.06. The molecule has 112 valence electrons. The molecule has 0 atom stereocenters. The van der Waals surface area contributed by atoms with Gasteiger partial charge in [-0.1, -0.05) is 37.5 Å². The molecule has 0 spiro atoms. The second-order valence-corrected chi connectivity index (χ2v) is 8.59. The van der Waals surface area contributed by atoms with Crippen LogP contribution in [0.3, 0.4) is 0 Å². The summed E-state index contributed by atoms with van der Waals surface area (Å²) in [6.07, 6.45) is 7.57. The largest absolute Gasteiger partial charge is 0.267 e. The summed E-state index contributed by atoms with van der Waals surface area (Å²) in [6, 6.07) is 10.7. The molecule has 0 aliphatic heterocycles. The highest BCUT2D eigenvalue weighted by Crippen LogP contribution is 2.35. The lowest BCUT2D eigenvalue weighted by Gasteiger charge is -2.23. The summed E-state index contributed by atoms with van der Waals surface area (Å²) in [5, 5.41) is 0. The number of hydrogen-bond acceptors (Lipinski definition) is 2. The van der Waals surface area contributed by atoms with E-state index >= 15 is 0 Å². The van der Waals surface area contributed by atoms with Gasteiger partial charge in [0.05, 0.1) is 4.90 Å². The van der Waals surface area contributed by atoms with Crippen molar-refractivity contribution in [2.24, 2.45) is 0 Å². The first-order valence-electron chi connectivity index (χ1n) is 7.27. The Morgan fingerprint density at radius 2 is 1.71 bits per heavy atom. The fraction of sp³-hybridized carbons (Fsp3) is 0.375. The number of rotatable bonds is 3. The second kappa shape index (κ2) is 6.12. The molecule has 0 amide bonds.